The fourth-order valence-corrected chi connectivity index (χ4v) is 3.77. The third-order valence-corrected chi connectivity index (χ3v) is 5.16. The summed E-state index contributed by atoms with van der Waals surface area (Å²) in [6.07, 6.45) is 6.22. The molecule has 0 bridgehead atoms. The van der Waals surface area contributed by atoms with E-state index in [2.05, 4.69) is 44.2 Å². The maximum atomic E-state index is 12.5. The standard InChI is InChI=1S/C21H19N5O/c27-21-17-7-9-26(12-15-11-23-18-6-2-1-5-16(15)18)13-19(17)24-20(25-21)14-4-3-8-22-10-14/h1-6,8,10-11,23H,7,9,12-13H2,(H,24,25,27). The van der Waals surface area contributed by atoms with Crippen LogP contribution in [-0.4, -0.2) is 31.4 Å². The van der Waals surface area contributed by atoms with Crippen molar-refractivity contribution in [3.05, 3.63) is 82.2 Å². The van der Waals surface area contributed by atoms with Gasteiger partial charge in [-0.25, -0.2) is 4.98 Å². The second kappa shape index (κ2) is 6.48. The Kier molecular flexibility index (Phi) is 3.83. The molecule has 6 nitrogen and oxygen atoms in total. The fraction of sp³-hybridized carbons (Fsp3) is 0.190. The van der Waals surface area contributed by atoms with Crippen LogP contribution in [0.2, 0.25) is 0 Å². The molecule has 1 aliphatic heterocycles. The lowest BCUT2D eigenvalue weighted by molar-refractivity contribution is 0.241. The molecular formula is C21H19N5O. The second-order valence-electron chi connectivity index (χ2n) is 6.90. The molecule has 0 radical (unpaired) electrons. The minimum Gasteiger partial charge on any atom is -0.361 e. The molecule has 5 rings (SSSR count). The maximum absolute atomic E-state index is 12.5. The number of aromatic amines is 2. The zero-order valence-corrected chi connectivity index (χ0v) is 14.8. The predicted octanol–water partition coefficient (Wildman–Crippen LogP) is 2.87. The van der Waals surface area contributed by atoms with E-state index in [4.69, 9.17) is 4.98 Å². The smallest absolute Gasteiger partial charge is 0.254 e. The summed E-state index contributed by atoms with van der Waals surface area (Å²) in [5, 5.41) is 1.25. The van der Waals surface area contributed by atoms with Crippen LogP contribution in [0.25, 0.3) is 22.3 Å². The van der Waals surface area contributed by atoms with Crippen molar-refractivity contribution in [1.29, 1.82) is 0 Å². The normalized spacial score (nSPS) is 14.4. The summed E-state index contributed by atoms with van der Waals surface area (Å²) < 4.78 is 0. The number of nitrogens with zero attached hydrogens (tertiary/aromatic N) is 3. The minimum atomic E-state index is -0.0365. The molecule has 0 unspecified atom stereocenters. The van der Waals surface area contributed by atoms with E-state index in [0.29, 0.717) is 18.8 Å². The third-order valence-electron chi connectivity index (χ3n) is 5.16. The quantitative estimate of drug-likeness (QED) is 0.591. The lowest BCUT2D eigenvalue weighted by Crippen LogP contribution is -2.35. The van der Waals surface area contributed by atoms with Gasteiger partial charge in [0.05, 0.1) is 5.69 Å². The van der Waals surface area contributed by atoms with Gasteiger partial charge in [-0.15, -0.1) is 0 Å². The molecule has 0 amide bonds. The molecule has 0 saturated carbocycles. The van der Waals surface area contributed by atoms with Crippen molar-refractivity contribution >= 4 is 10.9 Å². The average molecular weight is 357 g/mol. The molecule has 4 aromatic rings. The van der Waals surface area contributed by atoms with Crippen molar-refractivity contribution in [2.45, 2.75) is 19.5 Å². The molecule has 0 atom stereocenters. The van der Waals surface area contributed by atoms with E-state index in [1.54, 1.807) is 12.4 Å². The zero-order chi connectivity index (χ0) is 18.2. The molecule has 4 heterocycles. The van der Waals surface area contributed by atoms with Crippen molar-refractivity contribution < 1.29 is 0 Å². The number of hydrogen-bond donors (Lipinski definition) is 2. The van der Waals surface area contributed by atoms with Crippen LogP contribution in [0.3, 0.4) is 0 Å². The minimum absolute atomic E-state index is 0.0365. The first-order chi connectivity index (χ1) is 13.3. The lowest BCUT2D eigenvalue weighted by atomic mass is 10.0. The van der Waals surface area contributed by atoms with Crippen LogP contribution in [0.15, 0.2) is 59.8 Å². The van der Waals surface area contributed by atoms with Gasteiger partial charge in [-0.2, -0.15) is 0 Å². The zero-order valence-electron chi connectivity index (χ0n) is 14.8. The van der Waals surface area contributed by atoms with Crippen molar-refractivity contribution in [3.8, 4) is 11.4 Å². The van der Waals surface area contributed by atoms with Gasteiger partial charge >= 0.3 is 0 Å². The molecule has 0 saturated heterocycles. The monoisotopic (exact) mass is 357 g/mol. The maximum Gasteiger partial charge on any atom is 0.254 e. The molecule has 6 heteroatoms. The van der Waals surface area contributed by atoms with Gasteiger partial charge < -0.3 is 9.97 Å². The molecule has 0 aliphatic carbocycles. The van der Waals surface area contributed by atoms with Gasteiger partial charge in [0.15, 0.2) is 0 Å². The Labute approximate surface area is 155 Å². The van der Waals surface area contributed by atoms with E-state index < -0.39 is 0 Å². The summed E-state index contributed by atoms with van der Waals surface area (Å²) in [6, 6.07) is 12.1. The van der Waals surface area contributed by atoms with Gasteiger partial charge in [0.25, 0.3) is 5.56 Å². The van der Waals surface area contributed by atoms with E-state index in [-0.39, 0.29) is 5.56 Å². The first-order valence-corrected chi connectivity index (χ1v) is 9.08. The SMILES string of the molecule is O=c1[nH]c(-c2cccnc2)nc2c1CCN(Cc1c[nH]c3ccccc13)C2. The summed E-state index contributed by atoms with van der Waals surface area (Å²) in [6.45, 7) is 2.36. The summed E-state index contributed by atoms with van der Waals surface area (Å²) in [7, 11) is 0. The first-order valence-electron chi connectivity index (χ1n) is 9.08. The number of hydrogen-bond acceptors (Lipinski definition) is 4. The van der Waals surface area contributed by atoms with E-state index in [9.17, 15) is 4.79 Å². The average Bonchev–Trinajstić information content (AvgIpc) is 3.11. The topological polar surface area (TPSA) is 77.7 Å². The Hall–Kier alpha value is -3.25. The number of benzene rings is 1. The van der Waals surface area contributed by atoms with Crippen LogP contribution in [0.5, 0.6) is 0 Å². The molecular weight excluding hydrogens is 338 g/mol. The molecule has 0 fully saturated rings. The Morgan fingerprint density at radius 3 is 2.96 bits per heavy atom. The lowest BCUT2D eigenvalue weighted by Gasteiger charge is -2.27. The molecule has 1 aliphatic rings. The molecule has 3 aromatic heterocycles. The first kappa shape index (κ1) is 16.0. The highest BCUT2D eigenvalue weighted by Crippen LogP contribution is 2.23. The van der Waals surface area contributed by atoms with Crippen molar-refractivity contribution in [2.24, 2.45) is 0 Å². The largest absolute Gasteiger partial charge is 0.361 e. The van der Waals surface area contributed by atoms with Crippen molar-refractivity contribution in [3.63, 3.8) is 0 Å². The predicted molar refractivity (Wildman–Crippen MR) is 104 cm³/mol. The number of rotatable bonds is 3. The Bertz CT molecular complexity index is 1160. The summed E-state index contributed by atoms with van der Waals surface area (Å²) >= 11 is 0. The fourth-order valence-electron chi connectivity index (χ4n) is 3.77. The van der Waals surface area contributed by atoms with Crippen LogP contribution in [0, 0.1) is 0 Å². The van der Waals surface area contributed by atoms with E-state index >= 15 is 0 Å². The number of aromatic nitrogens is 4. The van der Waals surface area contributed by atoms with Crippen LogP contribution in [-0.2, 0) is 19.5 Å². The Morgan fingerprint density at radius 1 is 1.15 bits per heavy atom. The van der Waals surface area contributed by atoms with Gasteiger partial charge in [-0.3, -0.25) is 14.7 Å². The number of H-pyrrole nitrogens is 2. The van der Waals surface area contributed by atoms with Gasteiger partial charge in [-0.05, 0) is 30.2 Å². The van der Waals surface area contributed by atoms with Gasteiger partial charge in [0, 0.05) is 60.3 Å². The number of fused-ring (bicyclic) bond motifs is 2. The van der Waals surface area contributed by atoms with Gasteiger partial charge in [0.2, 0.25) is 0 Å². The van der Waals surface area contributed by atoms with Crippen LogP contribution < -0.4 is 5.56 Å². The van der Waals surface area contributed by atoms with Crippen LogP contribution >= 0.6 is 0 Å². The highest BCUT2D eigenvalue weighted by molar-refractivity contribution is 5.82. The second-order valence-corrected chi connectivity index (χ2v) is 6.90. The van der Waals surface area contributed by atoms with E-state index in [1.807, 2.05) is 18.2 Å². The van der Waals surface area contributed by atoms with Gasteiger partial charge in [-0.1, -0.05) is 18.2 Å². The summed E-state index contributed by atoms with van der Waals surface area (Å²) in [5.74, 6) is 0.584. The molecule has 134 valence electrons. The molecule has 27 heavy (non-hydrogen) atoms. The molecule has 0 spiro atoms. The highest BCUT2D eigenvalue weighted by atomic mass is 16.1. The van der Waals surface area contributed by atoms with E-state index in [1.165, 1.54) is 10.9 Å². The summed E-state index contributed by atoms with van der Waals surface area (Å²) in [4.78, 5) is 30.0. The van der Waals surface area contributed by atoms with Crippen LogP contribution in [0.1, 0.15) is 16.8 Å². The highest BCUT2D eigenvalue weighted by Gasteiger charge is 2.22. The Morgan fingerprint density at radius 2 is 2.07 bits per heavy atom. The van der Waals surface area contributed by atoms with E-state index in [0.717, 1.165) is 35.4 Å². The number of para-hydroxylation sites is 1. The number of nitrogens with one attached hydrogen (secondary N) is 2. The van der Waals surface area contributed by atoms with Crippen molar-refractivity contribution in [2.75, 3.05) is 6.54 Å². The summed E-state index contributed by atoms with van der Waals surface area (Å²) in [5.41, 5.74) is 4.88. The third kappa shape index (κ3) is 2.94. The van der Waals surface area contributed by atoms with Gasteiger partial charge in [0.1, 0.15) is 5.82 Å². The molecule has 2 N–H and O–H groups in total. The van der Waals surface area contributed by atoms with Crippen LogP contribution in [0.4, 0.5) is 0 Å². The molecule has 1 aromatic carbocycles. The Balaban J connectivity index is 1.45. The number of pyridine rings is 1. The van der Waals surface area contributed by atoms with Crippen molar-refractivity contribution in [1.82, 2.24) is 24.8 Å².